The average molecular weight is 233 g/mol. The molecule has 1 atom stereocenters. The molecule has 2 aromatic rings. The molecule has 2 heterocycles. The predicted molar refractivity (Wildman–Crippen MR) is 66.3 cm³/mol. The Hall–Kier alpha value is -1.26. The molecule has 0 unspecified atom stereocenters. The minimum atomic E-state index is 0.326. The molecule has 4 heteroatoms. The standard InChI is InChI=1S/C12H15N3S/c1-9-8-16-12(15-9)7-14-10(2)11-3-5-13-6-4-11/h3-6,8,10,14H,7H2,1-2H3/t10-/m0/s1. The summed E-state index contributed by atoms with van der Waals surface area (Å²) in [6.07, 6.45) is 3.64. The number of nitrogens with one attached hydrogen (secondary N) is 1. The van der Waals surface area contributed by atoms with Gasteiger partial charge in [0.1, 0.15) is 5.01 Å². The molecular weight excluding hydrogens is 218 g/mol. The van der Waals surface area contributed by atoms with Crippen LogP contribution >= 0.6 is 11.3 Å². The Labute approximate surface area is 99.6 Å². The number of thiazole rings is 1. The Morgan fingerprint density at radius 2 is 2.12 bits per heavy atom. The van der Waals surface area contributed by atoms with Crippen molar-refractivity contribution in [3.05, 3.63) is 46.2 Å². The van der Waals surface area contributed by atoms with Gasteiger partial charge in [0.15, 0.2) is 0 Å². The van der Waals surface area contributed by atoms with E-state index in [2.05, 4.69) is 27.6 Å². The summed E-state index contributed by atoms with van der Waals surface area (Å²) in [4.78, 5) is 8.43. The molecule has 16 heavy (non-hydrogen) atoms. The molecule has 0 aliphatic heterocycles. The van der Waals surface area contributed by atoms with Gasteiger partial charge >= 0.3 is 0 Å². The highest BCUT2D eigenvalue weighted by Crippen LogP contribution is 2.13. The minimum absolute atomic E-state index is 0.326. The molecule has 0 spiro atoms. The molecule has 0 aliphatic rings. The smallest absolute Gasteiger partial charge is 0.107 e. The van der Waals surface area contributed by atoms with Gasteiger partial charge < -0.3 is 5.32 Å². The van der Waals surface area contributed by atoms with Gasteiger partial charge in [0.2, 0.25) is 0 Å². The zero-order valence-electron chi connectivity index (χ0n) is 9.47. The van der Waals surface area contributed by atoms with E-state index in [0.29, 0.717) is 6.04 Å². The van der Waals surface area contributed by atoms with Gasteiger partial charge in [-0.2, -0.15) is 0 Å². The molecule has 2 aromatic heterocycles. The molecule has 0 aliphatic carbocycles. The topological polar surface area (TPSA) is 37.8 Å². The predicted octanol–water partition coefficient (Wildman–Crippen LogP) is 2.70. The van der Waals surface area contributed by atoms with Crippen LogP contribution in [0, 0.1) is 6.92 Å². The number of aryl methyl sites for hydroxylation is 1. The molecule has 0 aromatic carbocycles. The van der Waals surface area contributed by atoms with E-state index in [1.54, 1.807) is 11.3 Å². The van der Waals surface area contributed by atoms with E-state index < -0.39 is 0 Å². The zero-order valence-corrected chi connectivity index (χ0v) is 10.3. The maximum absolute atomic E-state index is 4.42. The Morgan fingerprint density at radius 1 is 1.38 bits per heavy atom. The summed E-state index contributed by atoms with van der Waals surface area (Å²) in [6, 6.07) is 4.39. The van der Waals surface area contributed by atoms with Crippen molar-refractivity contribution in [2.45, 2.75) is 26.4 Å². The molecule has 1 N–H and O–H groups in total. The van der Waals surface area contributed by atoms with Gasteiger partial charge in [0.25, 0.3) is 0 Å². The van der Waals surface area contributed by atoms with Gasteiger partial charge in [-0.05, 0) is 31.5 Å². The lowest BCUT2D eigenvalue weighted by Gasteiger charge is -2.12. The Bertz CT molecular complexity index is 439. The van der Waals surface area contributed by atoms with Crippen molar-refractivity contribution in [3.63, 3.8) is 0 Å². The molecule has 2 rings (SSSR count). The van der Waals surface area contributed by atoms with E-state index in [9.17, 15) is 0 Å². The maximum atomic E-state index is 4.42. The molecule has 3 nitrogen and oxygen atoms in total. The Morgan fingerprint density at radius 3 is 2.75 bits per heavy atom. The normalized spacial score (nSPS) is 12.6. The van der Waals surface area contributed by atoms with Crippen molar-refractivity contribution in [2.75, 3.05) is 0 Å². The highest BCUT2D eigenvalue weighted by Gasteiger charge is 2.05. The fourth-order valence-corrected chi connectivity index (χ4v) is 2.22. The van der Waals surface area contributed by atoms with E-state index >= 15 is 0 Å². The van der Waals surface area contributed by atoms with E-state index in [4.69, 9.17) is 0 Å². The second-order valence-electron chi connectivity index (χ2n) is 3.77. The Balaban J connectivity index is 1.91. The number of pyridine rings is 1. The third-order valence-corrected chi connectivity index (χ3v) is 3.40. The van der Waals surface area contributed by atoms with Gasteiger partial charge in [0, 0.05) is 36.1 Å². The molecule has 0 fully saturated rings. The zero-order chi connectivity index (χ0) is 11.4. The van der Waals surface area contributed by atoms with Crippen LogP contribution in [-0.4, -0.2) is 9.97 Å². The largest absolute Gasteiger partial charge is 0.304 e. The molecular formula is C12H15N3S. The monoisotopic (exact) mass is 233 g/mol. The van der Waals surface area contributed by atoms with Crippen molar-refractivity contribution in [1.29, 1.82) is 0 Å². The summed E-state index contributed by atoms with van der Waals surface area (Å²) in [7, 11) is 0. The van der Waals surface area contributed by atoms with Crippen LogP contribution in [0.5, 0.6) is 0 Å². The molecule has 0 saturated carbocycles. The summed E-state index contributed by atoms with van der Waals surface area (Å²) in [6.45, 7) is 4.99. The lowest BCUT2D eigenvalue weighted by Crippen LogP contribution is -2.17. The molecule has 0 bridgehead atoms. The van der Waals surface area contributed by atoms with Crippen molar-refractivity contribution in [3.8, 4) is 0 Å². The summed E-state index contributed by atoms with van der Waals surface area (Å²) < 4.78 is 0. The van der Waals surface area contributed by atoms with E-state index in [1.165, 1.54) is 5.56 Å². The van der Waals surface area contributed by atoms with Crippen LogP contribution in [-0.2, 0) is 6.54 Å². The lowest BCUT2D eigenvalue weighted by molar-refractivity contribution is 0.572. The summed E-state index contributed by atoms with van der Waals surface area (Å²) in [5, 5.41) is 6.66. The van der Waals surface area contributed by atoms with Gasteiger partial charge in [-0.3, -0.25) is 4.98 Å². The van der Waals surface area contributed by atoms with Crippen LogP contribution in [0.15, 0.2) is 29.9 Å². The summed E-state index contributed by atoms with van der Waals surface area (Å²) in [5.41, 5.74) is 2.35. The quantitative estimate of drug-likeness (QED) is 0.882. The van der Waals surface area contributed by atoms with Crippen molar-refractivity contribution in [2.24, 2.45) is 0 Å². The minimum Gasteiger partial charge on any atom is -0.304 e. The third-order valence-electron chi connectivity index (χ3n) is 2.43. The van der Waals surface area contributed by atoms with Crippen LogP contribution in [0.3, 0.4) is 0 Å². The summed E-state index contributed by atoms with van der Waals surface area (Å²) >= 11 is 1.70. The number of aromatic nitrogens is 2. The van der Waals surface area contributed by atoms with E-state index in [0.717, 1.165) is 17.2 Å². The van der Waals surface area contributed by atoms with Gasteiger partial charge in [-0.15, -0.1) is 11.3 Å². The molecule has 84 valence electrons. The average Bonchev–Trinajstić information content (AvgIpc) is 2.73. The van der Waals surface area contributed by atoms with Crippen LogP contribution in [0.4, 0.5) is 0 Å². The second kappa shape index (κ2) is 5.18. The number of hydrogen-bond donors (Lipinski definition) is 1. The van der Waals surface area contributed by atoms with Crippen molar-refractivity contribution >= 4 is 11.3 Å². The van der Waals surface area contributed by atoms with Crippen LogP contribution in [0.25, 0.3) is 0 Å². The van der Waals surface area contributed by atoms with Crippen molar-refractivity contribution < 1.29 is 0 Å². The number of rotatable bonds is 4. The van der Waals surface area contributed by atoms with E-state index in [-0.39, 0.29) is 0 Å². The van der Waals surface area contributed by atoms with Crippen LogP contribution in [0.2, 0.25) is 0 Å². The fraction of sp³-hybridized carbons (Fsp3) is 0.333. The van der Waals surface area contributed by atoms with Crippen molar-refractivity contribution in [1.82, 2.24) is 15.3 Å². The lowest BCUT2D eigenvalue weighted by atomic mass is 10.1. The molecule has 0 saturated heterocycles. The first-order valence-electron chi connectivity index (χ1n) is 5.30. The number of nitrogens with zero attached hydrogens (tertiary/aromatic N) is 2. The van der Waals surface area contributed by atoms with Crippen LogP contribution in [0.1, 0.15) is 29.2 Å². The Kier molecular flexibility index (Phi) is 3.64. The SMILES string of the molecule is Cc1csc(CN[C@@H](C)c2ccncc2)n1. The fourth-order valence-electron chi connectivity index (χ4n) is 1.49. The number of hydrogen-bond acceptors (Lipinski definition) is 4. The highest BCUT2D eigenvalue weighted by molar-refractivity contribution is 7.09. The van der Waals surface area contributed by atoms with Gasteiger partial charge in [-0.25, -0.2) is 4.98 Å². The first kappa shape index (κ1) is 11.2. The van der Waals surface area contributed by atoms with Gasteiger partial charge in [-0.1, -0.05) is 0 Å². The molecule has 0 amide bonds. The summed E-state index contributed by atoms with van der Waals surface area (Å²) in [5.74, 6) is 0. The molecule has 0 radical (unpaired) electrons. The van der Waals surface area contributed by atoms with Gasteiger partial charge in [0.05, 0.1) is 0 Å². The first-order valence-corrected chi connectivity index (χ1v) is 6.18. The highest BCUT2D eigenvalue weighted by atomic mass is 32.1. The van der Waals surface area contributed by atoms with E-state index in [1.807, 2.05) is 31.5 Å². The maximum Gasteiger partial charge on any atom is 0.107 e. The second-order valence-corrected chi connectivity index (χ2v) is 4.71. The van der Waals surface area contributed by atoms with Crippen LogP contribution < -0.4 is 5.32 Å². The third kappa shape index (κ3) is 2.87. The first-order chi connectivity index (χ1) is 7.75.